The van der Waals surface area contributed by atoms with Gasteiger partial charge in [0.05, 0.1) is 0 Å². The average Bonchev–Trinajstić information content (AvgIpc) is 2.95. The van der Waals surface area contributed by atoms with Gasteiger partial charge in [-0.2, -0.15) is 0 Å². The van der Waals surface area contributed by atoms with Crippen LogP contribution in [-0.2, 0) is 0 Å². The van der Waals surface area contributed by atoms with Gasteiger partial charge < -0.3 is 10.4 Å². The molecule has 0 radical (unpaired) electrons. The van der Waals surface area contributed by atoms with E-state index < -0.39 is 5.97 Å². The van der Waals surface area contributed by atoms with Crippen molar-refractivity contribution in [3.8, 4) is 0 Å². The van der Waals surface area contributed by atoms with E-state index in [1.54, 1.807) is 0 Å². The van der Waals surface area contributed by atoms with Crippen molar-refractivity contribution >= 4 is 22.4 Å². The van der Waals surface area contributed by atoms with Crippen molar-refractivity contribution in [3.63, 3.8) is 0 Å². The lowest BCUT2D eigenvalue weighted by molar-refractivity contribution is 0.0690. The largest absolute Gasteiger partial charge is 0.476 e. The van der Waals surface area contributed by atoms with Crippen molar-refractivity contribution in [1.82, 2.24) is 9.88 Å². The first-order valence-electron chi connectivity index (χ1n) is 6.86. The summed E-state index contributed by atoms with van der Waals surface area (Å²) in [5, 5.41) is 13.3. The molecular weight excluding hydrogens is 262 g/mol. The number of carbonyl (C=O) groups is 1. The minimum absolute atomic E-state index is 0.186. The molecule has 19 heavy (non-hydrogen) atoms. The molecule has 6 heteroatoms. The van der Waals surface area contributed by atoms with Gasteiger partial charge in [-0.25, -0.2) is 9.78 Å². The molecule has 104 valence electrons. The number of thiazole rings is 1. The molecule has 5 nitrogen and oxygen atoms in total. The first-order valence-corrected chi connectivity index (χ1v) is 7.68. The number of rotatable bonds is 3. The second-order valence-electron chi connectivity index (χ2n) is 5.37. The molecule has 2 N–H and O–H groups in total. The van der Waals surface area contributed by atoms with Gasteiger partial charge >= 0.3 is 5.97 Å². The fourth-order valence-electron chi connectivity index (χ4n) is 3.23. The summed E-state index contributed by atoms with van der Waals surface area (Å²) >= 11 is 1.45. The number of hydrogen-bond donors (Lipinski definition) is 2. The smallest absolute Gasteiger partial charge is 0.355 e. The maximum absolute atomic E-state index is 11.0. The van der Waals surface area contributed by atoms with Crippen LogP contribution >= 0.6 is 11.3 Å². The Morgan fingerprint density at radius 3 is 3.00 bits per heavy atom. The van der Waals surface area contributed by atoms with Crippen LogP contribution < -0.4 is 5.32 Å². The van der Waals surface area contributed by atoms with Crippen molar-refractivity contribution in [2.45, 2.75) is 44.7 Å². The van der Waals surface area contributed by atoms with Crippen LogP contribution in [0.25, 0.3) is 0 Å². The number of nitrogens with one attached hydrogen (secondary N) is 1. The third kappa shape index (κ3) is 2.47. The Bertz CT molecular complexity index is 488. The van der Waals surface area contributed by atoms with Crippen LogP contribution in [0.4, 0.5) is 5.13 Å². The SMILES string of the molecule is Cc1sc(NC2CCN3CCCCC23)nc1C(=O)O. The number of carboxylic acids is 1. The molecule has 0 amide bonds. The summed E-state index contributed by atoms with van der Waals surface area (Å²) in [5.41, 5.74) is 0.186. The molecule has 2 aliphatic heterocycles. The number of aryl methyl sites for hydroxylation is 1. The number of carboxylic acid groups (broad SMARTS) is 1. The maximum Gasteiger partial charge on any atom is 0.355 e. The Morgan fingerprint density at radius 1 is 1.42 bits per heavy atom. The zero-order valence-corrected chi connectivity index (χ0v) is 11.9. The second-order valence-corrected chi connectivity index (χ2v) is 6.57. The lowest BCUT2D eigenvalue weighted by Crippen LogP contribution is -2.41. The van der Waals surface area contributed by atoms with Crippen molar-refractivity contribution in [2.75, 3.05) is 18.4 Å². The molecule has 2 unspecified atom stereocenters. The van der Waals surface area contributed by atoms with Gasteiger partial charge in [0.1, 0.15) is 0 Å². The summed E-state index contributed by atoms with van der Waals surface area (Å²) < 4.78 is 0. The van der Waals surface area contributed by atoms with Crippen LogP contribution in [0.5, 0.6) is 0 Å². The van der Waals surface area contributed by atoms with Gasteiger partial charge in [-0.05, 0) is 32.7 Å². The number of hydrogen-bond acceptors (Lipinski definition) is 5. The van der Waals surface area contributed by atoms with E-state index >= 15 is 0 Å². The molecule has 1 aromatic rings. The van der Waals surface area contributed by atoms with Crippen LogP contribution in [-0.4, -0.2) is 46.1 Å². The fraction of sp³-hybridized carbons (Fsp3) is 0.692. The molecule has 0 bridgehead atoms. The Labute approximate surface area is 116 Å². The quantitative estimate of drug-likeness (QED) is 0.889. The summed E-state index contributed by atoms with van der Waals surface area (Å²) in [5.74, 6) is -0.937. The predicted molar refractivity (Wildman–Crippen MR) is 75.1 cm³/mol. The molecule has 2 fully saturated rings. The highest BCUT2D eigenvalue weighted by Crippen LogP contribution is 2.31. The summed E-state index contributed by atoms with van der Waals surface area (Å²) in [6, 6.07) is 1.03. The third-order valence-electron chi connectivity index (χ3n) is 4.16. The molecule has 3 heterocycles. The Kier molecular flexibility index (Phi) is 3.45. The summed E-state index contributed by atoms with van der Waals surface area (Å²) in [6.07, 6.45) is 4.98. The third-order valence-corrected chi connectivity index (χ3v) is 5.07. The van der Waals surface area contributed by atoms with Crippen LogP contribution in [0.1, 0.15) is 41.0 Å². The lowest BCUT2D eigenvalue weighted by Gasteiger charge is -2.32. The van der Waals surface area contributed by atoms with Gasteiger partial charge in [-0.3, -0.25) is 4.90 Å². The van der Waals surface area contributed by atoms with E-state index in [-0.39, 0.29) is 5.69 Å². The van der Waals surface area contributed by atoms with E-state index in [4.69, 9.17) is 5.11 Å². The van der Waals surface area contributed by atoms with Gasteiger partial charge in [0, 0.05) is 23.5 Å². The average molecular weight is 281 g/mol. The molecule has 2 saturated heterocycles. The van der Waals surface area contributed by atoms with Crippen LogP contribution in [0.15, 0.2) is 0 Å². The van der Waals surface area contributed by atoms with E-state index in [9.17, 15) is 4.79 Å². The van der Waals surface area contributed by atoms with Crippen LogP contribution in [0, 0.1) is 6.92 Å². The zero-order valence-electron chi connectivity index (χ0n) is 11.1. The molecule has 0 spiro atoms. The van der Waals surface area contributed by atoms with Crippen molar-refractivity contribution < 1.29 is 9.90 Å². The lowest BCUT2D eigenvalue weighted by atomic mass is 9.99. The summed E-state index contributed by atoms with van der Waals surface area (Å²) in [7, 11) is 0. The number of piperidine rings is 1. The van der Waals surface area contributed by atoms with Crippen molar-refractivity contribution in [1.29, 1.82) is 0 Å². The molecule has 2 aliphatic rings. The van der Waals surface area contributed by atoms with Crippen molar-refractivity contribution in [3.05, 3.63) is 10.6 Å². The first-order chi connectivity index (χ1) is 9.15. The fourth-order valence-corrected chi connectivity index (χ4v) is 4.10. The number of fused-ring (bicyclic) bond motifs is 1. The first kappa shape index (κ1) is 12.9. The summed E-state index contributed by atoms with van der Waals surface area (Å²) in [6.45, 7) is 4.17. The molecule has 0 aliphatic carbocycles. The molecule has 2 atom stereocenters. The Morgan fingerprint density at radius 2 is 2.26 bits per heavy atom. The van der Waals surface area contributed by atoms with Gasteiger partial charge in [0.2, 0.25) is 0 Å². The van der Waals surface area contributed by atoms with E-state index in [0.717, 1.165) is 23.0 Å². The normalized spacial score (nSPS) is 27.2. The van der Waals surface area contributed by atoms with E-state index in [0.29, 0.717) is 12.1 Å². The van der Waals surface area contributed by atoms with E-state index in [1.165, 1.54) is 37.1 Å². The number of aromatic nitrogens is 1. The molecule has 0 aromatic carbocycles. The minimum Gasteiger partial charge on any atom is -0.476 e. The number of aromatic carboxylic acids is 1. The highest BCUT2D eigenvalue weighted by molar-refractivity contribution is 7.15. The van der Waals surface area contributed by atoms with Crippen molar-refractivity contribution in [2.24, 2.45) is 0 Å². The highest BCUT2D eigenvalue weighted by Gasteiger charge is 2.35. The molecule has 3 rings (SSSR count). The minimum atomic E-state index is -0.937. The van der Waals surface area contributed by atoms with Crippen LogP contribution in [0.3, 0.4) is 0 Å². The number of nitrogens with zero attached hydrogens (tertiary/aromatic N) is 2. The van der Waals surface area contributed by atoms with E-state index in [2.05, 4.69) is 15.2 Å². The monoisotopic (exact) mass is 281 g/mol. The number of anilines is 1. The van der Waals surface area contributed by atoms with Gasteiger partial charge in [-0.1, -0.05) is 6.42 Å². The van der Waals surface area contributed by atoms with Gasteiger partial charge in [0.25, 0.3) is 0 Å². The second kappa shape index (κ2) is 5.09. The van der Waals surface area contributed by atoms with Crippen LogP contribution in [0.2, 0.25) is 0 Å². The van der Waals surface area contributed by atoms with E-state index in [1.807, 2.05) is 6.92 Å². The van der Waals surface area contributed by atoms with Gasteiger partial charge in [-0.15, -0.1) is 11.3 Å². The topological polar surface area (TPSA) is 65.5 Å². The molecule has 0 saturated carbocycles. The summed E-state index contributed by atoms with van der Waals surface area (Å²) in [4.78, 5) is 18.5. The Balaban J connectivity index is 1.71. The zero-order chi connectivity index (χ0) is 13.4. The standard InChI is InChI=1S/C13H19N3O2S/c1-8-11(12(17)18)15-13(19-8)14-9-5-7-16-6-3-2-4-10(9)16/h9-10H,2-7H2,1H3,(H,14,15)(H,17,18). The molecule has 1 aromatic heterocycles. The predicted octanol–water partition coefficient (Wildman–Crippen LogP) is 2.19. The maximum atomic E-state index is 11.0. The Hall–Kier alpha value is -1.14. The molecular formula is C13H19N3O2S. The van der Waals surface area contributed by atoms with Gasteiger partial charge in [0.15, 0.2) is 10.8 Å². The highest BCUT2D eigenvalue weighted by atomic mass is 32.1.